The number of Topliss-reactive ketones (excluding diaryl/α,β-unsaturated/α-hetero) is 1. The maximum atomic E-state index is 12.0. The zero-order valence-corrected chi connectivity index (χ0v) is 13.7. The highest BCUT2D eigenvalue weighted by Gasteiger charge is 2.13. The summed E-state index contributed by atoms with van der Waals surface area (Å²) >= 11 is 0. The molecule has 8 nitrogen and oxygen atoms in total. The first-order valence-electron chi connectivity index (χ1n) is 7.12. The van der Waals surface area contributed by atoms with E-state index in [4.69, 9.17) is 4.74 Å². The van der Waals surface area contributed by atoms with Crippen LogP contribution >= 0.6 is 0 Å². The number of nitro groups is 1. The van der Waals surface area contributed by atoms with Gasteiger partial charge in [0.25, 0.3) is 6.54 Å². The Hall–Kier alpha value is -2.00. The third kappa shape index (κ3) is 7.20. The van der Waals surface area contributed by atoms with E-state index in [0.717, 1.165) is 0 Å². The molecule has 23 heavy (non-hydrogen) atoms. The molecule has 0 atom stereocenters. The maximum Gasteiger partial charge on any atom is 0.261 e. The first-order chi connectivity index (χ1) is 10.8. The molecule has 1 aromatic carbocycles. The molecule has 0 fully saturated rings. The standard InChI is InChI=1S/C14H20N2O6S/c1-22-13-6-8-14(9-7-13)23(20,21)15-10-4-2-3-5-12(17)11-16(18)19/h6-9,15H,2-5,10-11H2,1H3. The number of rotatable bonds is 11. The molecule has 0 saturated heterocycles. The van der Waals surface area contributed by atoms with Gasteiger partial charge in [0.2, 0.25) is 15.8 Å². The Kier molecular flexibility index (Phi) is 7.63. The molecule has 9 heteroatoms. The number of unbranched alkanes of at least 4 members (excludes halogenated alkanes) is 2. The minimum Gasteiger partial charge on any atom is -0.497 e. The van der Waals surface area contributed by atoms with Gasteiger partial charge in [0.1, 0.15) is 5.75 Å². The molecular formula is C14H20N2O6S. The van der Waals surface area contributed by atoms with Crippen LogP contribution in [0.25, 0.3) is 0 Å². The molecule has 128 valence electrons. The highest BCUT2D eigenvalue weighted by molar-refractivity contribution is 7.89. The normalized spacial score (nSPS) is 11.2. The van der Waals surface area contributed by atoms with Crippen molar-refractivity contribution in [1.29, 1.82) is 0 Å². The Morgan fingerprint density at radius 3 is 2.43 bits per heavy atom. The topological polar surface area (TPSA) is 116 Å². The summed E-state index contributed by atoms with van der Waals surface area (Å²) < 4.78 is 31.5. The minimum absolute atomic E-state index is 0.145. The van der Waals surface area contributed by atoms with E-state index >= 15 is 0 Å². The third-order valence-corrected chi connectivity index (χ3v) is 4.58. The SMILES string of the molecule is COc1ccc(S(=O)(=O)NCCCCCC(=O)C[N+](=O)[O-])cc1. The van der Waals surface area contributed by atoms with Crippen molar-refractivity contribution in [3.63, 3.8) is 0 Å². The summed E-state index contributed by atoms with van der Waals surface area (Å²) in [5, 5.41) is 10.1. The van der Waals surface area contributed by atoms with Crippen molar-refractivity contribution in [3.05, 3.63) is 34.4 Å². The lowest BCUT2D eigenvalue weighted by atomic mass is 10.1. The lowest BCUT2D eigenvalue weighted by molar-refractivity contribution is -0.467. The average molecular weight is 344 g/mol. The van der Waals surface area contributed by atoms with Gasteiger partial charge < -0.3 is 4.74 Å². The monoisotopic (exact) mass is 344 g/mol. The lowest BCUT2D eigenvalue weighted by Crippen LogP contribution is -2.24. The summed E-state index contributed by atoms with van der Waals surface area (Å²) in [6, 6.07) is 6.04. The summed E-state index contributed by atoms with van der Waals surface area (Å²) in [7, 11) is -2.07. The van der Waals surface area contributed by atoms with Gasteiger partial charge >= 0.3 is 0 Å². The number of carbonyl (C=O) groups is 1. The number of nitrogens with one attached hydrogen (secondary N) is 1. The van der Waals surface area contributed by atoms with E-state index in [1.54, 1.807) is 12.1 Å². The molecule has 1 aromatic rings. The Balaban J connectivity index is 2.28. The van der Waals surface area contributed by atoms with E-state index < -0.39 is 27.3 Å². The van der Waals surface area contributed by atoms with Gasteiger partial charge in [-0.3, -0.25) is 14.9 Å². The molecule has 0 unspecified atom stereocenters. The third-order valence-electron chi connectivity index (χ3n) is 3.10. The molecule has 1 rings (SSSR count). The van der Waals surface area contributed by atoms with Crippen LogP contribution < -0.4 is 9.46 Å². The maximum absolute atomic E-state index is 12.0. The van der Waals surface area contributed by atoms with Gasteiger partial charge in [-0.2, -0.15) is 0 Å². The van der Waals surface area contributed by atoms with Crippen LogP contribution in [0.15, 0.2) is 29.2 Å². The molecule has 0 aliphatic carbocycles. The second-order valence-electron chi connectivity index (χ2n) is 4.91. The number of methoxy groups -OCH3 is 1. The molecule has 0 bridgehead atoms. The van der Waals surface area contributed by atoms with Gasteiger partial charge in [-0.25, -0.2) is 13.1 Å². The molecular weight excluding hydrogens is 324 g/mol. The largest absolute Gasteiger partial charge is 0.497 e. The molecule has 0 aliphatic heterocycles. The molecule has 0 aliphatic rings. The Bertz CT molecular complexity index is 627. The molecule has 1 N–H and O–H groups in total. The number of ketones is 1. The van der Waals surface area contributed by atoms with Crippen LogP contribution in [0.3, 0.4) is 0 Å². The van der Waals surface area contributed by atoms with Crippen LogP contribution in [0.1, 0.15) is 25.7 Å². The predicted molar refractivity (Wildman–Crippen MR) is 83.5 cm³/mol. The highest BCUT2D eigenvalue weighted by atomic mass is 32.2. The summed E-state index contributed by atoms with van der Waals surface area (Å²) in [5.41, 5.74) is 0. The van der Waals surface area contributed by atoms with Crippen molar-refractivity contribution in [2.45, 2.75) is 30.6 Å². The van der Waals surface area contributed by atoms with Crippen molar-refractivity contribution in [3.8, 4) is 5.75 Å². The van der Waals surface area contributed by atoms with Crippen molar-refractivity contribution >= 4 is 15.8 Å². The highest BCUT2D eigenvalue weighted by Crippen LogP contribution is 2.15. The first kappa shape index (κ1) is 19.0. The van der Waals surface area contributed by atoms with Gasteiger partial charge in [-0.05, 0) is 37.1 Å². The number of hydrogen-bond donors (Lipinski definition) is 1. The van der Waals surface area contributed by atoms with Crippen LogP contribution in [0.5, 0.6) is 5.75 Å². The van der Waals surface area contributed by atoms with Gasteiger partial charge in [0, 0.05) is 17.9 Å². The van der Waals surface area contributed by atoms with E-state index in [0.29, 0.717) is 25.0 Å². The van der Waals surface area contributed by atoms with E-state index in [1.165, 1.54) is 19.2 Å². The van der Waals surface area contributed by atoms with Crippen molar-refractivity contribution in [2.75, 3.05) is 20.2 Å². The smallest absolute Gasteiger partial charge is 0.261 e. The van der Waals surface area contributed by atoms with Crippen LogP contribution in [-0.2, 0) is 14.8 Å². The number of ether oxygens (including phenoxy) is 1. The molecule has 0 radical (unpaired) electrons. The summed E-state index contributed by atoms with van der Waals surface area (Å²) in [6.07, 6.45) is 1.83. The van der Waals surface area contributed by atoms with E-state index in [1.807, 2.05) is 0 Å². The molecule has 0 aromatic heterocycles. The molecule has 0 spiro atoms. The lowest BCUT2D eigenvalue weighted by Gasteiger charge is -2.07. The molecule has 0 heterocycles. The number of sulfonamides is 1. The van der Waals surface area contributed by atoms with Gasteiger partial charge in [-0.15, -0.1) is 0 Å². The van der Waals surface area contributed by atoms with E-state index in [9.17, 15) is 23.3 Å². The van der Waals surface area contributed by atoms with E-state index in [2.05, 4.69) is 4.72 Å². The quantitative estimate of drug-likeness (QED) is 0.368. The number of benzene rings is 1. The second-order valence-corrected chi connectivity index (χ2v) is 6.68. The molecule has 0 saturated carbocycles. The van der Waals surface area contributed by atoms with Crippen molar-refractivity contribution in [1.82, 2.24) is 4.72 Å². The zero-order chi connectivity index (χ0) is 17.3. The summed E-state index contributed by atoms with van der Waals surface area (Å²) in [6.45, 7) is -0.401. The fraction of sp³-hybridized carbons (Fsp3) is 0.500. The molecule has 0 amide bonds. The van der Waals surface area contributed by atoms with Crippen LogP contribution in [-0.4, -0.2) is 39.3 Å². The predicted octanol–water partition coefficient (Wildman–Crippen LogP) is 1.38. The van der Waals surface area contributed by atoms with Gasteiger partial charge in [-0.1, -0.05) is 6.42 Å². The van der Waals surface area contributed by atoms with Gasteiger partial charge in [0.15, 0.2) is 0 Å². The fourth-order valence-corrected chi connectivity index (χ4v) is 2.97. The van der Waals surface area contributed by atoms with Crippen LogP contribution in [0.4, 0.5) is 0 Å². The van der Waals surface area contributed by atoms with Crippen molar-refractivity contribution in [2.24, 2.45) is 0 Å². The average Bonchev–Trinajstić information content (AvgIpc) is 2.50. The number of nitrogens with zero attached hydrogens (tertiary/aromatic N) is 1. The number of carbonyl (C=O) groups excluding carboxylic acids is 1. The Morgan fingerprint density at radius 2 is 1.87 bits per heavy atom. The van der Waals surface area contributed by atoms with Crippen molar-refractivity contribution < 1.29 is 22.9 Å². The second kappa shape index (κ2) is 9.21. The van der Waals surface area contributed by atoms with Crippen LogP contribution in [0, 0.1) is 10.1 Å². The van der Waals surface area contributed by atoms with Crippen LogP contribution in [0.2, 0.25) is 0 Å². The fourth-order valence-electron chi connectivity index (χ4n) is 1.89. The number of hydrogen-bond acceptors (Lipinski definition) is 6. The zero-order valence-electron chi connectivity index (χ0n) is 12.9. The minimum atomic E-state index is -3.57. The Labute approximate surface area is 135 Å². The summed E-state index contributed by atoms with van der Waals surface area (Å²) in [5.74, 6) is 0.164. The summed E-state index contributed by atoms with van der Waals surface area (Å²) in [4.78, 5) is 20.8. The van der Waals surface area contributed by atoms with Gasteiger partial charge in [0.05, 0.1) is 12.0 Å². The van der Waals surface area contributed by atoms with E-state index in [-0.39, 0.29) is 17.9 Å². The Morgan fingerprint density at radius 1 is 1.22 bits per heavy atom. The first-order valence-corrected chi connectivity index (χ1v) is 8.60.